The molecule has 0 aromatic heterocycles. The highest BCUT2D eigenvalue weighted by Crippen LogP contribution is 2.59. The minimum atomic E-state index is -2.84. The average molecular weight is 285 g/mol. The minimum Gasteiger partial charge on any atom is -0.317 e. The van der Waals surface area contributed by atoms with Crippen molar-refractivity contribution in [1.29, 1.82) is 0 Å². The summed E-state index contributed by atoms with van der Waals surface area (Å²) in [6, 6.07) is 0. The Hall–Kier alpha value is -0.370. The number of allylic oxidation sites excluding steroid dienone is 4. The number of hydrogen-bond donors (Lipinski definition) is 0. The first kappa shape index (κ1) is 16.7. The molecule has 0 radical (unpaired) electrons. The van der Waals surface area contributed by atoms with Crippen molar-refractivity contribution >= 4 is 7.52 Å². The van der Waals surface area contributed by atoms with E-state index < -0.39 is 7.52 Å². The van der Waals surface area contributed by atoms with Crippen LogP contribution >= 0.6 is 7.52 Å². The molecule has 0 spiro atoms. The molecule has 110 valence electrons. The standard InChI is InChI=1S/C15H28NO2P/c1-6-16(7-2)19(17,18-8-3)15-12-10-9-11-14(15)13(4)5/h10-13,15H,6-9H2,1-5H3. The summed E-state index contributed by atoms with van der Waals surface area (Å²) in [6.07, 6.45) is 7.34. The van der Waals surface area contributed by atoms with E-state index in [2.05, 4.69) is 32.1 Å². The molecule has 0 aromatic rings. The molecular weight excluding hydrogens is 257 g/mol. The molecule has 4 heteroatoms. The molecule has 1 aliphatic rings. The van der Waals surface area contributed by atoms with Gasteiger partial charge in [-0.05, 0) is 19.3 Å². The third-order valence-corrected chi connectivity index (χ3v) is 6.76. The third-order valence-electron chi connectivity index (χ3n) is 3.61. The number of rotatable bonds is 7. The molecule has 0 aliphatic heterocycles. The van der Waals surface area contributed by atoms with Crippen LogP contribution in [-0.2, 0) is 9.09 Å². The maximum absolute atomic E-state index is 13.5. The summed E-state index contributed by atoms with van der Waals surface area (Å²) in [5, 5.41) is 0. The molecule has 0 aromatic carbocycles. The van der Waals surface area contributed by atoms with E-state index in [1.165, 1.54) is 5.57 Å². The van der Waals surface area contributed by atoms with Crippen LogP contribution in [0.2, 0.25) is 0 Å². The van der Waals surface area contributed by atoms with Gasteiger partial charge in [0.15, 0.2) is 0 Å². The van der Waals surface area contributed by atoms with E-state index in [0.717, 1.165) is 19.5 Å². The first-order valence-corrected chi connectivity index (χ1v) is 9.02. The molecule has 2 atom stereocenters. The van der Waals surface area contributed by atoms with E-state index >= 15 is 0 Å². The lowest BCUT2D eigenvalue weighted by Crippen LogP contribution is -2.30. The fraction of sp³-hybridized carbons (Fsp3) is 0.733. The Morgan fingerprint density at radius 3 is 2.47 bits per heavy atom. The Labute approximate surface area is 118 Å². The fourth-order valence-electron chi connectivity index (χ4n) is 2.66. The normalized spacial score (nSPS) is 22.7. The topological polar surface area (TPSA) is 29.5 Å². The number of hydrogen-bond acceptors (Lipinski definition) is 2. The summed E-state index contributed by atoms with van der Waals surface area (Å²) in [6.45, 7) is 12.3. The zero-order valence-electron chi connectivity index (χ0n) is 12.9. The summed E-state index contributed by atoms with van der Waals surface area (Å²) in [4.78, 5) is 0. The highest BCUT2D eigenvalue weighted by molar-refractivity contribution is 7.57. The summed E-state index contributed by atoms with van der Waals surface area (Å²) < 4.78 is 21.2. The lowest BCUT2D eigenvalue weighted by atomic mass is 9.95. The third kappa shape index (κ3) is 3.59. The highest BCUT2D eigenvalue weighted by atomic mass is 31.2. The predicted molar refractivity (Wildman–Crippen MR) is 82.6 cm³/mol. The van der Waals surface area contributed by atoms with Gasteiger partial charge in [0.1, 0.15) is 0 Å². The van der Waals surface area contributed by atoms with Gasteiger partial charge in [0, 0.05) is 13.1 Å². The SMILES string of the molecule is CCOP(=O)(C1C=CCC=C1C(C)C)N(CC)CC. The van der Waals surface area contributed by atoms with Crippen LogP contribution in [0.25, 0.3) is 0 Å². The molecule has 0 fully saturated rings. The lowest BCUT2D eigenvalue weighted by Gasteiger charge is -2.36. The Balaban J connectivity index is 3.16. The van der Waals surface area contributed by atoms with Crippen molar-refractivity contribution in [2.24, 2.45) is 5.92 Å². The summed E-state index contributed by atoms with van der Waals surface area (Å²) in [7, 11) is -2.84. The van der Waals surface area contributed by atoms with Gasteiger partial charge < -0.3 is 4.52 Å². The molecule has 0 bridgehead atoms. The molecule has 2 unspecified atom stereocenters. The largest absolute Gasteiger partial charge is 0.317 e. The molecular formula is C15H28NO2P. The van der Waals surface area contributed by atoms with Crippen molar-refractivity contribution in [1.82, 2.24) is 4.67 Å². The summed E-state index contributed by atoms with van der Waals surface area (Å²) >= 11 is 0. The monoisotopic (exact) mass is 285 g/mol. The van der Waals surface area contributed by atoms with Gasteiger partial charge in [-0.15, -0.1) is 0 Å². The Morgan fingerprint density at radius 2 is 2.00 bits per heavy atom. The molecule has 0 saturated carbocycles. The molecule has 1 rings (SSSR count). The van der Waals surface area contributed by atoms with Gasteiger partial charge in [0.05, 0.1) is 12.3 Å². The Bertz CT molecular complexity index is 384. The van der Waals surface area contributed by atoms with Crippen LogP contribution < -0.4 is 0 Å². The predicted octanol–water partition coefficient (Wildman–Crippen LogP) is 4.47. The van der Waals surface area contributed by atoms with E-state index in [-0.39, 0.29) is 5.66 Å². The van der Waals surface area contributed by atoms with Crippen LogP contribution in [0.3, 0.4) is 0 Å². The number of nitrogens with zero attached hydrogens (tertiary/aromatic N) is 1. The molecule has 0 amide bonds. The smallest absolute Gasteiger partial charge is 0.283 e. The Kier molecular flexibility index (Phi) is 6.52. The quantitative estimate of drug-likeness (QED) is 0.510. The Morgan fingerprint density at radius 1 is 1.37 bits per heavy atom. The van der Waals surface area contributed by atoms with Crippen LogP contribution in [0, 0.1) is 5.92 Å². The first-order chi connectivity index (χ1) is 9.01. The van der Waals surface area contributed by atoms with E-state index in [9.17, 15) is 4.57 Å². The van der Waals surface area contributed by atoms with Crippen molar-refractivity contribution in [3.63, 3.8) is 0 Å². The maximum Gasteiger partial charge on any atom is 0.283 e. The van der Waals surface area contributed by atoms with Gasteiger partial charge in [0.25, 0.3) is 7.52 Å². The molecule has 19 heavy (non-hydrogen) atoms. The van der Waals surface area contributed by atoms with Crippen molar-refractivity contribution in [3.8, 4) is 0 Å². The maximum atomic E-state index is 13.5. The van der Waals surface area contributed by atoms with Crippen molar-refractivity contribution in [2.45, 2.75) is 46.7 Å². The molecule has 1 aliphatic carbocycles. The molecule has 0 saturated heterocycles. The highest BCUT2D eigenvalue weighted by Gasteiger charge is 2.40. The van der Waals surface area contributed by atoms with Crippen LogP contribution in [0.4, 0.5) is 0 Å². The van der Waals surface area contributed by atoms with E-state index in [0.29, 0.717) is 12.5 Å². The molecule has 0 N–H and O–H groups in total. The summed E-state index contributed by atoms with van der Waals surface area (Å²) in [5.74, 6) is 0.402. The second kappa shape index (κ2) is 7.42. The van der Waals surface area contributed by atoms with Crippen molar-refractivity contribution in [3.05, 3.63) is 23.8 Å². The summed E-state index contributed by atoms with van der Waals surface area (Å²) in [5.41, 5.74) is 1.17. The first-order valence-electron chi connectivity index (χ1n) is 7.37. The molecule has 3 nitrogen and oxygen atoms in total. The van der Waals surface area contributed by atoms with Crippen LogP contribution in [0.15, 0.2) is 23.8 Å². The van der Waals surface area contributed by atoms with Gasteiger partial charge in [-0.25, -0.2) is 4.67 Å². The van der Waals surface area contributed by atoms with Gasteiger partial charge in [-0.1, -0.05) is 51.5 Å². The van der Waals surface area contributed by atoms with Crippen molar-refractivity contribution in [2.75, 3.05) is 19.7 Å². The van der Waals surface area contributed by atoms with E-state index in [4.69, 9.17) is 4.52 Å². The minimum absolute atomic E-state index is 0.0823. The van der Waals surface area contributed by atoms with Crippen molar-refractivity contribution < 1.29 is 9.09 Å². The van der Waals surface area contributed by atoms with E-state index in [1.807, 2.05) is 25.4 Å². The van der Waals surface area contributed by atoms with E-state index in [1.54, 1.807) is 0 Å². The van der Waals surface area contributed by atoms with Gasteiger partial charge in [-0.3, -0.25) is 4.57 Å². The van der Waals surface area contributed by atoms with Gasteiger partial charge in [0.2, 0.25) is 0 Å². The fourth-order valence-corrected chi connectivity index (χ4v) is 5.61. The van der Waals surface area contributed by atoms with Crippen LogP contribution in [0.1, 0.15) is 41.0 Å². The van der Waals surface area contributed by atoms with Gasteiger partial charge in [-0.2, -0.15) is 0 Å². The van der Waals surface area contributed by atoms with Crippen LogP contribution in [0.5, 0.6) is 0 Å². The molecule has 0 heterocycles. The zero-order valence-corrected chi connectivity index (χ0v) is 13.8. The van der Waals surface area contributed by atoms with Gasteiger partial charge >= 0.3 is 0 Å². The average Bonchev–Trinajstić information content (AvgIpc) is 2.40. The second-order valence-corrected chi connectivity index (χ2v) is 7.60. The zero-order chi connectivity index (χ0) is 14.5. The van der Waals surface area contributed by atoms with Crippen LogP contribution in [-0.4, -0.2) is 30.0 Å². The lowest BCUT2D eigenvalue weighted by molar-refractivity contribution is 0.274. The second-order valence-electron chi connectivity index (χ2n) is 5.09.